The van der Waals surface area contributed by atoms with E-state index in [-0.39, 0.29) is 17.0 Å². The maximum Gasteiger partial charge on any atom is 0.440 e. The van der Waals surface area contributed by atoms with Crippen LogP contribution in [-0.4, -0.2) is 33.2 Å². The largest absolute Gasteiger partial charge is 0.440 e. The first kappa shape index (κ1) is 16.1. The standard InChI is InChI=1S/C17H11F3N4O2/c18-17(19,20)16(22-13(25)10-6-2-1-3-7-10)14(26)24-12-9-5-4-8-11(12)21-15(24)23-16/h1-9H,(H,21,23)(H,22,25). The number of benzene rings is 2. The fraction of sp³-hybridized carbons (Fsp3) is 0.118. The molecule has 0 spiro atoms. The van der Waals surface area contributed by atoms with E-state index in [0.717, 1.165) is 4.57 Å². The Labute approximate surface area is 144 Å². The van der Waals surface area contributed by atoms with Crippen LogP contribution in [0.15, 0.2) is 54.6 Å². The number of carbonyl (C=O) groups excluding carboxylic acids is 2. The molecule has 0 bridgehead atoms. The van der Waals surface area contributed by atoms with Crippen LogP contribution in [-0.2, 0) is 0 Å². The fourth-order valence-electron chi connectivity index (χ4n) is 2.88. The van der Waals surface area contributed by atoms with Crippen molar-refractivity contribution in [3.8, 4) is 0 Å². The van der Waals surface area contributed by atoms with Gasteiger partial charge in [0.15, 0.2) is 0 Å². The number of fused-ring (bicyclic) bond motifs is 3. The highest BCUT2D eigenvalue weighted by atomic mass is 19.4. The zero-order chi connectivity index (χ0) is 18.5. The average molecular weight is 360 g/mol. The molecular weight excluding hydrogens is 349 g/mol. The average Bonchev–Trinajstić information content (AvgIpc) is 3.10. The smallest absolute Gasteiger partial charge is 0.317 e. The van der Waals surface area contributed by atoms with Gasteiger partial charge in [0, 0.05) is 5.56 Å². The number of nitrogens with zero attached hydrogens (tertiary/aromatic N) is 2. The van der Waals surface area contributed by atoms with Gasteiger partial charge < -0.3 is 10.6 Å². The molecule has 3 aromatic rings. The van der Waals surface area contributed by atoms with Crippen molar-refractivity contribution >= 4 is 28.8 Å². The van der Waals surface area contributed by atoms with Crippen molar-refractivity contribution in [3.63, 3.8) is 0 Å². The van der Waals surface area contributed by atoms with Crippen molar-refractivity contribution in [1.82, 2.24) is 14.9 Å². The topological polar surface area (TPSA) is 76.0 Å². The van der Waals surface area contributed by atoms with Crippen LogP contribution in [0.1, 0.15) is 15.2 Å². The number of alkyl halides is 3. The Morgan fingerprint density at radius 2 is 1.73 bits per heavy atom. The van der Waals surface area contributed by atoms with Gasteiger partial charge >= 0.3 is 6.18 Å². The number of imidazole rings is 1. The van der Waals surface area contributed by atoms with E-state index in [1.807, 2.05) is 5.32 Å². The van der Waals surface area contributed by atoms with E-state index in [1.54, 1.807) is 24.3 Å². The van der Waals surface area contributed by atoms with Crippen molar-refractivity contribution in [1.29, 1.82) is 0 Å². The second kappa shape index (κ2) is 5.32. The first-order valence-corrected chi connectivity index (χ1v) is 7.58. The quantitative estimate of drug-likeness (QED) is 0.737. The van der Waals surface area contributed by atoms with Gasteiger partial charge in [-0.1, -0.05) is 30.3 Å². The molecule has 6 nitrogen and oxygen atoms in total. The Kier molecular flexibility index (Phi) is 3.30. The third kappa shape index (κ3) is 2.17. The third-order valence-corrected chi connectivity index (χ3v) is 4.15. The molecule has 1 aliphatic heterocycles. The first-order valence-electron chi connectivity index (χ1n) is 7.58. The zero-order valence-electron chi connectivity index (χ0n) is 13.0. The Hall–Kier alpha value is -3.36. The summed E-state index contributed by atoms with van der Waals surface area (Å²) in [7, 11) is 0. The number of para-hydroxylation sites is 2. The summed E-state index contributed by atoms with van der Waals surface area (Å²) < 4.78 is 42.4. The molecule has 9 heteroatoms. The van der Waals surface area contributed by atoms with Crippen LogP contribution >= 0.6 is 0 Å². The maximum absolute atomic E-state index is 13.8. The number of hydrogen-bond acceptors (Lipinski definition) is 4. The highest BCUT2D eigenvalue weighted by Gasteiger charge is 2.66. The minimum Gasteiger partial charge on any atom is -0.317 e. The number of anilines is 1. The molecular formula is C17H11F3N4O2. The molecule has 1 aliphatic rings. The van der Waals surface area contributed by atoms with Crippen molar-refractivity contribution in [2.75, 3.05) is 5.32 Å². The normalized spacial score (nSPS) is 19.3. The Morgan fingerprint density at radius 3 is 2.42 bits per heavy atom. The van der Waals surface area contributed by atoms with Crippen LogP contribution in [0.2, 0.25) is 0 Å². The molecule has 1 aromatic heterocycles. The van der Waals surface area contributed by atoms with Gasteiger partial charge in [0.25, 0.3) is 17.5 Å². The number of rotatable bonds is 2. The molecule has 4 rings (SSSR count). The summed E-state index contributed by atoms with van der Waals surface area (Å²) in [5.74, 6) is -2.67. The van der Waals surface area contributed by atoms with Gasteiger partial charge in [0.1, 0.15) is 0 Å². The van der Waals surface area contributed by atoms with Gasteiger partial charge in [-0.05, 0) is 24.3 Å². The SMILES string of the molecule is O=C(NC1(C(F)(F)F)Nc2nc3ccccc3n2C1=O)c1ccccc1. The second-order valence-corrected chi connectivity index (χ2v) is 5.76. The van der Waals surface area contributed by atoms with Crippen LogP contribution in [0.25, 0.3) is 11.0 Å². The molecule has 2 N–H and O–H groups in total. The molecule has 132 valence electrons. The molecule has 2 heterocycles. The first-order chi connectivity index (χ1) is 12.3. The van der Waals surface area contributed by atoms with E-state index < -0.39 is 23.7 Å². The number of halogens is 3. The van der Waals surface area contributed by atoms with Crippen molar-refractivity contribution in [2.45, 2.75) is 11.8 Å². The molecule has 2 aromatic carbocycles. The summed E-state index contributed by atoms with van der Waals surface area (Å²) in [5, 5.41) is 3.88. The zero-order valence-corrected chi connectivity index (χ0v) is 13.0. The predicted octanol–water partition coefficient (Wildman–Crippen LogP) is 2.79. The molecule has 0 radical (unpaired) electrons. The monoisotopic (exact) mass is 360 g/mol. The minimum absolute atomic E-state index is 0.000114. The van der Waals surface area contributed by atoms with Gasteiger partial charge in [-0.15, -0.1) is 0 Å². The van der Waals surface area contributed by atoms with Crippen LogP contribution in [0.5, 0.6) is 0 Å². The van der Waals surface area contributed by atoms with E-state index in [1.165, 1.54) is 30.3 Å². The van der Waals surface area contributed by atoms with Gasteiger partial charge in [0.2, 0.25) is 5.95 Å². The number of aromatic nitrogens is 2. The molecule has 0 fully saturated rings. The van der Waals surface area contributed by atoms with E-state index in [4.69, 9.17) is 0 Å². The van der Waals surface area contributed by atoms with Crippen LogP contribution in [0.4, 0.5) is 19.1 Å². The summed E-state index contributed by atoms with van der Waals surface area (Å²) in [6.07, 6.45) is -5.09. The number of nitrogens with one attached hydrogen (secondary N) is 2. The van der Waals surface area contributed by atoms with E-state index in [2.05, 4.69) is 10.3 Å². The van der Waals surface area contributed by atoms with Crippen molar-refractivity contribution in [3.05, 3.63) is 60.2 Å². The molecule has 26 heavy (non-hydrogen) atoms. The lowest BCUT2D eigenvalue weighted by Crippen LogP contribution is -2.67. The second-order valence-electron chi connectivity index (χ2n) is 5.76. The molecule has 0 saturated carbocycles. The van der Waals surface area contributed by atoms with E-state index in [9.17, 15) is 22.8 Å². The third-order valence-electron chi connectivity index (χ3n) is 4.15. The van der Waals surface area contributed by atoms with Gasteiger partial charge in [-0.3, -0.25) is 9.59 Å². The minimum atomic E-state index is -5.09. The summed E-state index contributed by atoms with van der Waals surface area (Å²) in [4.78, 5) is 29.0. The van der Waals surface area contributed by atoms with E-state index in [0.29, 0.717) is 5.52 Å². The number of hydrogen-bond donors (Lipinski definition) is 2. The van der Waals surface area contributed by atoms with Gasteiger partial charge in [-0.25, -0.2) is 9.55 Å². The van der Waals surface area contributed by atoms with Crippen LogP contribution in [0, 0.1) is 0 Å². The lowest BCUT2D eigenvalue weighted by atomic mass is 10.1. The number of amides is 1. The van der Waals surface area contributed by atoms with Crippen LogP contribution < -0.4 is 10.6 Å². The van der Waals surface area contributed by atoms with Crippen molar-refractivity contribution in [2.24, 2.45) is 0 Å². The lowest BCUT2D eigenvalue weighted by molar-refractivity contribution is -0.169. The molecule has 1 atom stereocenters. The summed E-state index contributed by atoms with van der Waals surface area (Å²) >= 11 is 0. The molecule has 1 amide bonds. The Balaban J connectivity index is 1.79. The highest BCUT2D eigenvalue weighted by Crippen LogP contribution is 2.39. The summed E-state index contributed by atoms with van der Waals surface area (Å²) in [6, 6.07) is 13.7. The predicted molar refractivity (Wildman–Crippen MR) is 86.7 cm³/mol. The van der Waals surface area contributed by atoms with Crippen LogP contribution in [0.3, 0.4) is 0 Å². The summed E-state index contributed by atoms with van der Waals surface area (Å²) in [6.45, 7) is 0. The van der Waals surface area contributed by atoms with Crippen molar-refractivity contribution < 1.29 is 22.8 Å². The maximum atomic E-state index is 13.8. The van der Waals surface area contributed by atoms with Gasteiger partial charge in [-0.2, -0.15) is 13.2 Å². The van der Waals surface area contributed by atoms with E-state index >= 15 is 0 Å². The Bertz CT molecular complexity index is 1030. The van der Waals surface area contributed by atoms with Gasteiger partial charge in [0.05, 0.1) is 11.0 Å². The molecule has 0 saturated heterocycles. The fourth-order valence-corrected chi connectivity index (χ4v) is 2.88. The highest BCUT2D eigenvalue weighted by molar-refractivity contribution is 6.08. The Morgan fingerprint density at radius 1 is 1.08 bits per heavy atom. The molecule has 0 aliphatic carbocycles. The molecule has 1 unspecified atom stereocenters. The summed E-state index contributed by atoms with van der Waals surface area (Å²) in [5.41, 5.74) is -2.69. The lowest BCUT2D eigenvalue weighted by Gasteiger charge is -2.30. The number of carbonyl (C=O) groups is 2.